The standard InChI is InChI=1S/C18H25N3/c1-6-13-14(15-17(2,3)18(15,4)5)20-21(16(13)19)12-10-8-7-9-11-12/h7-11,15H,6,19H2,1-5H3. The zero-order chi connectivity index (χ0) is 15.4. The zero-order valence-corrected chi connectivity index (χ0v) is 13.6. The van der Waals surface area contributed by atoms with Gasteiger partial charge in [0.05, 0.1) is 11.4 Å². The van der Waals surface area contributed by atoms with E-state index in [-0.39, 0.29) is 10.8 Å². The Kier molecular flexibility index (Phi) is 2.94. The van der Waals surface area contributed by atoms with Crippen molar-refractivity contribution in [3.8, 4) is 5.69 Å². The minimum atomic E-state index is 0.277. The Morgan fingerprint density at radius 3 is 2.14 bits per heavy atom. The zero-order valence-electron chi connectivity index (χ0n) is 13.6. The Morgan fingerprint density at radius 2 is 1.67 bits per heavy atom. The second kappa shape index (κ2) is 4.36. The van der Waals surface area contributed by atoms with Crippen LogP contribution in [0.25, 0.3) is 5.69 Å². The lowest BCUT2D eigenvalue weighted by molar-refractivity contribution is 0.457. The Morgan fingerprint density at radius 1 is 1.10 bits per heavy atom. The van der Waals surface area contributed by atoms with Crippen LogP contribution in [-0.4, -0.2) is 9.78 Å². The van der Waals surface area contributed by atoms with Gasteiger partial charge in [-0.2, -0.15) is 5.10 Å². The number of hydrogen-bond acceptors (Lipinski definition) is 2. The molecule has 21 heavy (non-hydrogen) atoms. The number of nitrogens with two attached hydrogens (primary N) is 1. The van der Waals surface area contributed by atoms with Crippen molar-refractivity contribution < 1.29 is 0 Å². The van der Waals surface area contributed by atoms with E-state index in [0.717, 1.165) is 17.9 Å². The summed E-state index contributed by atoms with van der Waals surface area (Å²) in [5.41, 5.74) is 10.4. The summed E-state index contributed by atoms with van der Waals surface area (Å²) in [6.07, 6.45) is 0.927. The van der Waals surface area contributed by atoms with Crippen LogP contribution in [0, 0.1) is 10.8 Å². The quantitative estimate of drug-likeness (QED) is 0.919. The monoisotopic (exact) mass is 283 g/mol. The minimum Gasteiger partial charge on any atom is -0.383 e. The van der Waals surface area contributed by atoms with Gasteiger partial charge in [-0.15, -0.1) is 0 Å². The van der Waals surface area contributed by atoms with Gasteiger partial charge < -0.3 is 5.73 Å². The van der Waals surface area contributed by atoms with Crippen LogP contribution in [0.2, 0.25) is 0 Å². The number of anilines is 1. The fraction of sp³-hybridized carbons (Fsp3) is 0.500. The maximum Gasteiger partial charge on any atom is 0.130 e. The summed E-state index contributed by atoms with van der Waals surface area (Å²) in [6.45, 7) is 11.5. The first-order valence-corrected chi connectivity index (χ1v) is 7.75. The van der Waals surface area contributed by atoms with Crippen molar-refractivity contribution in [3.63, 3.8) is 0 Å². The van der Waals surface area contributed by atoms with Gasteiger partial charge in [0.1, 0.15) is 5.82 Å². The summed E-state index contributed by atoms with van der Waals surface area (Å²) in [5.74, 6) is 1.27. The lowest BCUT2D eigenvalue weighted by atomic mass is 10.0. The van der Waals surface area contributed by atoms with Gasteiger partial charge in [0.2, 0.25) is 0 Å². The van der Waals surface area contributed by atoms with Crippen molar-refractivity contribution in [1.82, 2.24) is 9.78 Å². The molecule has 3 rings (SSSR count). The molecule has 112 valence electrons. The highest BCUT2D eigenvalue weighted by atomic mass is 15.3. The molecule has 3 nitrogen and oxygen atoms in total. The molecule has 1 fully saturated rings. The number of benzene rings is 1. The number of hydrogen-bond donors (Lipinski definition) is 1. The summed E-state index contributed by atoms with van der Waals surface area (Å²) in [4.78, 5) is 0. The summed E-state index contributed by atoms with van der Waals surface area (Å²) >= 11 is 0. The van der Waals surface area contributed by atoms with Crippen LogP contribution < -0.4 is 5.73 Å². The van der Waals surface area contributed by atoms with Crippen LogP contribution in [0.5, 0.6) is 0 Å². The Hall–Kier alpha value is -1.77. The lowest BCUT2D eigenvalue weighted by Gasteiger charge is -2.03. The highest BCUT2D eigenvalue weighted by Gasteiger charge is 2.66. The van der Waals surface area contributed by atoms with E-state index < -0.39 is 0 Å². The largest absolute Gasteiger partial charge is 0.383 e. The molecule has 0 amide bonds. The van der Waals surface area contributed by atoms with E-state index in [0.29, 0.717) is 5.92 Å². The minimum absolute atomic E-state index is 0.277. The molecule has 1 heterocycles. The van der Waals surface area contributed by atoms with Crippen molar-refractivity contribution in [1.29, 1.82) is 0 Å². The van der Waals surface area contributed by atoms with E-state index >= 15 is 0 Å². The number of aromatic nitrogens is 2. The third-order valence-corrected chi connectivity index (χ3v) is 5.70. The molecule has 0 spiro atoms. The molecule has 3 heteroatoms. The van der Waals surface area contributed by atoms with Crippen LogP contribution in [-0.2, 0) is 6.42 Å². The SMILES string of the molecule is CCc1c(C2C(C)(C)C2(C)C)nn(-c2ccccc2)c1N. The molecule has 1 aliphatic rings. The van der Waals surface area contributed by atoms with E-state index in [4.69, 9.17) is 10.8 Å². The van der Waals surface area contributed by atoms with E-state index in [1.165, 1.54) is 11.3 Å². The van der Waals surface area contributed by atoms with Crippen LogP contribution in [0.1, 0.15) is 51.8 Å². The predicted octanol–water partition coefficient (Wildman–Crippen LogP) is 4.17. The van der Waals surface area contributed by atoms with Crippen LogP contribution >= 0.6 is 0 Å². The Bertz CT molecular complexity index is 651. The van der Waals surface area contributed by atoms with Crippen molar-refractivity contribution in [3.05, 3.63) is 41.6 Å². The molecule has 0 saturated heterocycles. The van der Waals surface area contributed by atoms with Gasteiger partial charge in [0.25, 0.3) is 0 Å². The number of rotatable bonds is 3. The fourth-order valence-electron chi connectivity index (χ4n) is 3.72. The second-order valence-electron chi connectivity index (χ2n) is 7.23. The predicted molar refractivity (Wildman–Crippen MR) is 87.7 cm³/mol. The molecule has 0 radical (unpaired) electrons. The van der Waals surface area contributed by atoms with Gasteiger partial charge in [-0.25, -0.2) is 4.68 Å². The molecule has 1 aliphatic carbocycles. The molecular formula is C18H25N3. The van der Waals surface area contributed by atoms with Gasteiger partial charge in [-0.05, 0) is 29.4 Å². The number of nitrogen functional groups attached to an aromatic ring is 1. The number of nitrogens with zero attached hydrogens (tertiary/aromatic N) is 2. The molecule has 2 aromatic rings. The molecule has 0 atom stereocenters. The first-order valence-electron chi connectivity index (χ1n) is 7.75. The van der Waals surface area contributed by atoms with Crippen molar-refractivity contribution >= 4 is 5.82 Å². The van der Waals surface area contributed by atoms with Gasteiger partial charge in [-0.3, -0.25) is 0 Å². The first-order chi connectivity index (χ1) is 9.82. The van der Waals surface area contributed by atoms with E-state index in [9.17, 15) is 0 Å². The summed E-state index contributed by atoms with van der Waals surface area (Å²) < 4.78 is 1.90. The lowest BCUT2D eigenvalue weighted by Crippen LogP contribution is -2.02. The van der Waals surface area contributed by atoms with Crippen LogP contribution in [0.3, 0.4) is 0 Å². The van der Waals surface area contributed by atoms with Crippen LogP contribution in [0.15, 0.2) is 30.3 Å². The third kappa shape index (κ3) is 1.83. The van der Waals surface area contributed by atoms with Crippen molar-refractivity contribution in [2.24, 2.45) is 10.8 Å². The van der Waals surface area contributed by atoms with Gasteiger partial charge in [0.15, 0.2) is 0 Å². The van der Waals surface area contributed by atoms with Crippen LogP contribution in [0.4, 0.5) is 5.82 Å². The smallest absolute Gasteiger partial charge is 0.130 e. The average molecular weight is 283 g/mol. The summed E-state index contributed by atoms with van der Waals surface area (Å²) in [6, 6.07) is 10.2. The Balaban J connectivity index is 2.12. The van der Waals surface area contributed by atoms with Gasteiger partial charge >= 0.3 is 0 Å². The summed E-state index contributed by atoms with van der Waals surface area (Å²) in [5, 5.41) is 4.90. The van der Waals surface area contributed by atoms with E-state index in [1.54, 1.807) is 0 Å². The maximum atomic E-state index is 6.39. The second-order valence-corrected chi connectivity index (χ2v) is 7.23. The average Bonchev–Trinajstić information content (AvgIpc) is 2.70. The Labute approximate surface area is 127 Å². The van der Waals surface area contributed by atoms with Gasteiger partial charge in [-0.1, -0.05) is 52.8 Å². The third-order valence-electron chi connectivity index (χ3n) is 5.70. The number of para-hydroxylation sites is 1. The molecule has 2 N–H and O–H groups in total. The molecule has 1 aromatic carbocycles. The molecule has 0 unspecified atom stereocenters. The van der Waals surface area contributed by atoms with E-state index in [1.807, 2.05) is 22.9 Å². The summed E-state index contributed by atoms with van der Waals surface area (Å²) in [7, 11) is 0. The van der Waals surface area contributed by atoms with Crippen molar-refractivity contribution in [2.75, 3.05) is 5.73 Å². The first kappa shape index (κ1) is 14.2. The molecule has 1 aromatic heterocycles. The molecule has 0 bridgehead atoms. The normalized spacial score (nSPS) is 19.7. The highest BCUT2D eigenvalue weighted by molar-refractivity contribution is 5.53. The maximum absolute atomic E-state index is 6.39. The fourth-order valence-corrected chi connectivity index (χ4v) is 3.72. The van der Waals surface area contributed by atoms with Gasteiger partial charge in [0, 0.05) is 11.5 Å². The molecular weight excluding hydrogens is 258 g/mol. The highest BCUT2D eigenvalue weighted by Crippen LogP contribution is 2.73. The van der Waals surface area contributed by atoms with Crippen molar-refractivity contribution in [2.45, 2.75) is 47.0 Å². The topological polar surface area (TPSA) is 43.8 Å². The molecule has 1 saturated carbocycles. The molecule has 0 aliphatic heterocycles. The van der Waals surface area contributed by atoms with E-state index in [2.05, 4.69) is 46.8 Å².